The van der Waals surface area contributed by atoms with E-state index in [1.54, 1.807) is 28.8 Å². The first-order valence-corrected chi connectivity index (χ1v) is 17.5. The third kappa shape index (κ3) is 8.21. The lowest BCUT2D eigenvalue weighted by atomic mass is 9.92. The molecule has 8 nitrogen and oxygen atoms in total. The number of halogens is 1. The lowest BCUT2D eigenvalue weighted by Gasteiger charge is -2.43. The van der Waals surface area contributed by atoms with Gasteiger partial charge in [0, 0.05) is 62.3 Å². The minimum atomic E-state index is -0.920. The van der Waals surface area contributed by atoms with Gasteiger partial charge in [0.2, 0.25) is 17.7 Å². The van der Waals surface area contributed by atoms with Gasteiger partial charge in [-0.1, -0.05) is 35.9 Å². The first kappa shape index (κ1) is 30.3. The molecule has 4 amide bonds. The summed E-state index contributed by atoms with van der Waals surface area (Å²) < 4.78 is 0.498. The molecule has 0 radical (unpaired) electrons. The zero-order chi connectivity index (χ0) is 28.8. The number of thioether (sulfide) groups is 2. The number of fused-ring (bicyclic) bond motifs is 1. The van der Waals surface area contributed by atoms with Crippen LogP contribution in [0.1, 0.15) is 40.1 Å². The van der Waals surface area contributed by atoms with Gasteiger partial charge < -0.3 is 20.4 Å². The Morgan fingerprint density at radius 1 is 0.951 bits per heavy atom. The van der Waals surface area contributed by atoms with Crippen molar-refractivity contribution >= 4 is 70.1 Å². The van der Waals surface area contributed by atoms with Crippen molar-refractivity contribution in [1.82, 2.24) is 20.4 Å². The fourth-order valence-electron chi connectivity index (χ4n) is 5.33. The third-order valence-corrected chi connectivity index (χ3v) is 11.1. The normalized spacial score (nSPS) is 24.6. The van der Waals surface area contributed by atoms with E-state index in [0.717, 1.165) is 54.5 Å². The highest BCUT2D eigenvalue weighted by Gasteiger charge is 2.38. The standard InChI is InChI=1S/C29H35ClN4O4S3/c30-25-8-7-24(41-25)27(36)31-12-23-29(38)33-10-1-2-22(15-33)28(37)34-13-21(14-34)18-40-17-20-5-3-19(4-6-20)16-39-11-9-26(35)32-23/h3-8,21-23H,1-2,9-18H2,(H,31,36)(H,32,35)/t22-,23+/m0/s1. The molecule has 6 heterocycles. The molecule has 12 heteroatoms. The van der Waals surface area contributed by atoms with Gasteiger partial charge in [-0.05, 0) is 41.9 Å². The number of nitrogens with one attached hydrogen (secondary N) is 2. The smallest absolute Gasteiger partial charge is 0.261 e. The molecule has 6 bridgehead atoms. The van der Waals surface area contributed by atoms with Gasteiger partial charge in [0.15, 0.2) is 0 Å². The van der Waals surface area contributed by atoms with Crippen LogP contribution in [-0.4, -0.2) is 83.7 Å². The van der Waals surface area contributed by atoms with E-state index >= 15 is 0 Å². The predicted octanol–water partition coefficient (Wildman–Crippen LogP) is 3.88. The summed E-state index contributed by atoms with van der Waals surface area (Å²) >= 11 is 10.7. The number of carbonyl (C=O) groups is 4. The molecule has 220 valence electrons. The number of piperidine rings is 1. The summed E-state index contributed by atoms with van der Waals surface area (Å²) in [6.45, 7) is 2.35. The summed E-state index contributed by atoms with van der Waals surface area (Å²) in [6, 6.07) is 11.0. The molecule has 2 aromatic rings. The molecule has 1 aromatic heterocycles. The molecule has 5 aliphatic rings. The first-order chi connectivity index (χ1) is 19.9. The minimum absolute atomic E-state index is 0.0427. The number of hydrogen-bond acceptors (Lipinski definition) is 7. The molecular formula is C29H35ClN4O4S3. The number of carbonyl (C=O) groups excluding carboxylic acids is 4. The zero-order valence-electron chi connectivity index (χ0n) is 22.8. The van der Waals surface area contributed by atoms with E-state index in [1.165, 1.54) is 11.1 Å². The van der Waals surface area contributed by atoms with Crippen molar-refractivity contribution < 1.29 is 19.2 Å². The Labute approximate surface area is 258 Å². The molecule has 0 spiro atoms. The maximum absolute atomic E-state index is 13.7. The van der Waals surface area contributed by atoms with E-state index in [-0.39, 0.29) is 42.5 Å². The van der Waals surface area contributed by atoms with Gasteiger partial charge >= 0.3 is 0 Å². The van der Waals surface area contributed by atoms with Gasteiger partial charge in [-0.3, -0.25) is 19.2 Å². The number of amides is 4. The van der Waals surface area contributed by atoms with Crippen molar-refractivity contribution in [1.29, 1.82) is 0 Å². The van der Waals surface area contributed by atoms with Crippen molar-refractivity contribution in [3.05, 3.63) is 56.7 Å². The molecule has 41 heavy (non-hydrogen) atoms. The van der Waals surface area contributed by atoms with Gasteiger partial charge in [-0.2, -0.15) is 23.5 Å². The summed E-state index contributed by atoms with van der Waals surface area (Å²) in [5.74, 6) is 2.92. The van der Waals surface area contributed by atoms with Crippen molar-refractivity contribution in [2.75, 3.05) is 44.2 Å². The van der Waals surface area contributed by atoms with Gasteiger partial charge in [0.25, 0.3) is 5.91 Å². The summed E-state index contributed by atoms with van der Waals surface area (Å²) in [6.07, 6.45) is 1.73. The molecule has 2 N–H and O–H groups in total. The monoisotopic (exact) mass is 634 g/mol. The molecule has 5 aliphatic heterocycles. The van der Waals surface area contributed by atoms with E-state index in [2.05, 4.69) is 34.9 Å². The Hall–Kier alpha value is -2.21. The minimum Gasteiger partial charge on any atom is -0.349 e. The Morgan fingerprint density at radius 2 is 1.68 bits per heavy atom. The van der Waals surface area contributed by atoms with Crippen molar-refractivity contribution in [2.24, 2.45) is 11.8 Å². The van der Waals surface area contributed by atoms with Crippen LogP contribution in [0.3, 0.4) is 0 Å². The largest absolute Gasteiger partial charge is 0.349 e. The molecule has 2 saturated heterocycles. The van der Waals surface area contributed by atoms with E-state index in [1.807, 2.05) is 16.7 Å². The Bertz CT molecular complexity index is 1250. The Kier molecular flexibility index (Phi) is 10.6. The quantitative estimate of drug-likeness (QED) is 0.532. The van der Waals surface area contributed by atoms with E-state index < -0.39 is 6.04 Å². The SMILES string of the molecule is O=C1CCSCc2ccc(cc2)CSCC2CN(C2)C(=O)[C@H]2CCCN(C2)C(=O)[C@@H](CNC(=O)c2ccc(Cl)s2)N1. The molecule has 0 unspecified atom stereocenters. The van der Waals surface area contributed by atoms with Crippen LogP contribution in [0.2, 0.25) is 4.34 Å². The average molecular weight is 635 g/mol. The van der Waals surface area contributed by atoms with Gasteiger partial charge in [-0.25, -0.2) is 0 Å². The van der Waals surface area contributed by atoms with Crippen LogP contribution in [0, 0.1) is 11.8 Å². The van der Waals surface area contributed by atoms with Crippen molar-refractivity contribution in [3.63, 3.8) is 0 Å². The van der Waals surface area contributed by atoms with Crippen LogP contribution in [0.15, 0.2) is 36.4 Å². The molecule has 1 aromatic carbocycles. The molecular weight excluding hydrogens is 600 g/mol. The highest BCUT2D eigenvalue weighted by atomic mass is 35.5. The van der Waals surface area contributed by atoms with E-state index in [0.29, 0.717) is 34.0 Å². The molecule has 2 fully saturated rings. The third-order valence-electron chi connectivity index (χ3n) is 7.64. The number of nitrogens with zero attached hydrogens (tertiary/aromatic N) is 2. The second kappa shape index (κ2) is 14.3. The first-order valence-electron chi connectivity index (χ1n) is 14.0. The number of benzene rings is 1. The van der Waals surface area contributed by atoms with Crippen molar-refractivity contribution in [2.45, 2.75) is 36.8 Å². The summed E-state index contributed by atoms with van der Waals surface area (Å²) in [4.78, 5) is 56.6. The summed E-state index contributed by atoms with van der Waals surface area (Å²) in [5, 5.41) is 5.65. The Morgan fingerprint density at radius 3 is 2.39 bits per heavy atom. The summed E-state index contributed by atoms with van der Waals surface area (Å²) in [5.41, 5.74) is 2.51. The zero-order valence-corrected chi connectivity index (χ0v) is 26.0. The van der Waals surface area contributed by atoms with Gasteiger partial charge in [-0.15, -0.1) is 11.3 Å². The fraction of sp³-hybridized carbons (Fsp3) is 0.517. The lowest BCUT2D eigenvalue weighted by Crippen LogP contribution is -2.58. The highest BCUT2D eigenvalue weighted by molar-refractivity contribution is 7.98. The van der Waals surface area contributed by atoms with Crippen LogP contribution in [0.25, 0.3) is 0 Å². The second-order valence-electron chi connectivity index (χ2n) is 10.8. The number of hydrogen-bond donors (Lipinski definition) is 2. The van der Waals surface area contributed by atoms with Crippen LogP contribution in [0.4, 0.5) is 0 Å². The molecule has 0 aliphatic carbocycles. The number of thiophene rings is 1. The predicted molar refractivity (Wildman–Crippen MR) is 166 cm³/mol. The highest BCUT2D eigenvalue weighted by Crippen LogP contribution is 2.28. The molecule has 2 atom stereocenters. The van der Waals surface area contributed by atoms with Crippen LogP contribution < -0.4 is 10.6 Å². The van der Waals surface area contributed by atoms with Crippen LogP contribution in [0.5, 0.6) is 0 Å². The molecule has 7 rings (SSSR count). The maximum atomic E-state index is 13.7. The van der Waals surface area contributed by atoms with Crippen LogP contribution >= 0.6 is 46.5 Å². The number of rotatable bonds is 3. The van der Waals surface area contributed by atoms with Crippen LogP contribution in [-0.2, 0) is 25.9 Å². The Balaban J connectivity index is 1.27. The average Bonchev–Trinajstić information content (AvgIpc) is 3.40. The van der Waals surface area contributed by atoms with E-state index in [4.69, 9.17) is 11.6 Å². The summed E-state index contributed by atoms with van der Waals surface area (Å²) in [7, 11) is 0. The van der Waals surface area contributed by atoms with Gasteiger partial charge in [0.05, 0.1) is 15.1 Å². The second-order valence-corrected chi connectivity index (χ2v) is 14.7. The van der Waals surface area contributed by atoms with Crippen molar-refractivity contribution in [3.8, 4) is 0 Å². The topological polar surface area (TPSA) is 98.8 Å². The fourth-order valence-corrected chi connectivity index (χ4v) is 8.28. The van der Waals surface area contributed by atoms with E-state index in [9.17, 15) is 19.2 Å². The maximum Gasteiger partial charge on any atom is 0.261 e. The van der Waals surface area contributed by atoms with Gasteiger partial charge in [0.1, 0.15) is 6.04 Å². The lowest BCUT2D eigenvalue weighted by molar-refractivity contribution is -0.146. The molecule has 0 saturated carbocycles.